The Kier molecular flexibility index (Phi) is 5.16. The van der Waals surface area contributed by atoms with Gasteiger partial charge in [-0.05, 0) is 86.4 Å². The third-order valence-corrected chi connectivity index (χ3v) is 9.62. The Morgan fingerprint density at radius 3 is 2.71 bits per heavy atom. The molecule has 1 unspecified atom stereocenters. The van der Waals surface area contributed by atoms with Crippen molar-refractivity contribution in [3.63, 3.8) is 0 Å². The van der Waals surface area contributed by atoms with Gasteiger partial charge in [0, 0.05) is 36.4 Å². The largest absolute Gasteiger partial charge is 0.504 e. The lowest BCUT2D eigenvalue weighted by molar-refractivity contribution is -0.384. The number of hydrogen-bond acceptors (Lipinski definition) is 7. The van der Waals surface area contributed by atoms with Crippen molar-refractivity contribution in [3.8, 4) is 11.5 Å². The summed E-state index contributed by atoms with van der Waals surface area (Å²) in [5.74, 6) is 0.968. The van der Waals surface area contributed by atoms with Crippen molar-refractivity contribution in [2.75, 3.05) is 13.1 Å². The van der Waals surface area contributed by atoms with Gasteiger partial charge in [0.2, 0.25) is 5.91 Å². The number of piperidine rings is 1. The fourth-order valence-corrected chi connectivity index (χ4v) is 7.74. The minimum absolute atomic E-state index is 0.00455. The normalized spacial score (nSPS) is 33.0. The zero-order chi connectivity index (χ0) is 26.2. The van der Waals surface area contributed by atoms with Crippen LogP contribution in [-0.4, -0.2) is 62.8 Å². The fraction of sp³-hybridized carbons (Fsp3) is 0.483. The molecular weight excluding hydrogens is 486 g/mol. The van der Waals surface area contributed by atoms with Gasteiger partial charge in [0.05, 0.1) is 22.0 Å². The molecule has 1 amide bonds. The molecule has 198 valence electrons. The molecule has 5 atom stereocenters. The first-order valence-corrected chi connectivity index (χ1v) is 13.5. The number of amides is 1. The van der Waals surface area contributed by atoms with E-state index >= 15 is 0 Å². The van der Waals surface area contributed by atoms with E-state index in [0.29, 0.717) is 30.6 Å². The van der Waals surface area contributed by atoms with Crippen molar-refractivity contribution in [2.24, 2.45) is 5.92 Å². The van der Waals surface area contributed by atoms with E-state index in [4.69, 9.17) is 4.74 Å². The molecule has 5 aliphatic rings. The molecule has 2 saturated carbocycles. The Labute approximate surface area is 220 Å². The summed E-state index contributed by atoms with van der Waals surface area (Å²) < 4.78 is 6.48. The van der Waals surface area contributed by atoms with Crippen molar-refractivity contribution in [2.45, 2.75) is 67.7 Å². The van der Waals surface area contributed by atoms with Gasteiger partial charge < -0.3 is 20.3 Å². The van der Waals surface area contributed by atoms with Gasteiger partial charge in [-0.15, -0.1) is 0 Å². The first kappa shape index (κ1) is 23.7. The van der Waals surface area contributed by atoms with Crippen LogP contribution in [-0.2, 0) is 16.6 Å². The molecule has 2 aromatic rings. The van der Waals surface area contributed by atoms with E-state index < -0.39 is 22.0 Å². The lowest BCUT2D eigenvalue weighted by atomic mass is 9.48. The molecule has 9 nitrogen and oxygen atoms in total. The van der Waals surface area contributed by atoms with E-state index in [9.17, 15) is 25.1 Å². The number of nitro benzene ring substituents is 1. The maximum atomic E-state index is 13.0. The summed E-state index contributed by atoms with van der Waals surface area (Å²) in [6.07, 6.45) is 7.64. The second kappa shape index (κ2) is 8.28. The average Bonchev–Trinajstić information content (AvgIpc) is 3.64. The molecule has 9 heteroatoms. The number of carbonyl (C=O) groups excluding carboxylic acids is 1. The average molecular weight is 518 g/mol. The number of nitro groups is 1. The minimum Gasteiger partial charge on any atom is -0.504 e. The van der Waals surface area contributed by atoms with Crippen LogP contribution in [0.5, 0.6) is 11.5 Å². The molecule has 3 fully saturated rings. The number of aliphatic hydroxyl groups is 1. The third-order valence-electron chi connectivity index (χ3n) is 9.62. The molecule has 0 aromatic heterocycles. The molecule has 2 aromatic carbocycles. The molecule has 1 spiro atoms. The Morgan fingerprint density at radius 2 is 1.97 bits per heavy atom. The molecule has 38 heavy (non-hydrogen) atoms. The summed E-state index contributed by atoms with van der Waals surface area (Å²) in [4.78, 5) is 25.9. The van der Waals surface area contributed by atoms with Crippen LogP contribution in [0.2, 0.25) is 0 Å². The van der Waals surface area contributed by atoms with Crippen molar-refractivity contribution in [3.05, 3.63) is 69.3 Å². The number of non-ortho nitro benzene ring substituents is 1. The van der Waals surface area contributed by atoms with Crippen LogP contribution in [0.3, 0.4) is 0 Å². The summed E-state index contributed by atoms with van der Waals surface area (Å²) in [5.41, 5.74) is 1.06. The smallest absolute Gasteiger partial charge is 0.269 e. The molecule has 2 heterocycles. The molecule has 0 radical (unpaired) electrons. The number of nitrogens with zero attached hydrogens (tertiary/aromatic N) is 2. The first-order valence-electron chi connectivity index (χ1n) is 13.5. The Bertz CT molecular complexity index is 1350. The molecule has 3 aliphatic carbocycles. The topological polar surface area (TPSA) is 125 Å². The van der Waals surface area contributed by atoms with Gasteiger partial charge in [0.1, 0.15) is 6.10 Å². The van der Waals surface area contributed by atoms with E-state index in [2.05, 4.69) is 10.2 Å². The van der Waals surface area contributed by atoms with Gasteiger partial charge in [0.15, 0.2) is 11.5 Å². The molecular formula is C29H31N3O6. The number of likely N-dealkylation sites (tertiary alicyclic amines) is 1. The van der Waals surface area contributed by atoms with Gasteiger partial charge in [-0.1, -0.05) is 6.07 Å². The van der Waals surface area contributed by atoms with Crippen molar-refractivity contribution < 1.29 is 24.7 Å². The van der Waals surface area contributed by atoms with E-state index in [1.165, 1.54) is 31.1 Å². The third kappa shape index (κ3) is 3.34. The van der Waals surface area contributed by atoms with E-state index in [-0.39, 0.29) is 29.4 Å². The fourth-order valence-electron chi connectivity index (χ4n) is 7.74. The van der Waals surface area contributed by atoms with Crippen LogP contribution in [0.15, 0.2) is 42.5 Å². The molecule has 2 bridgehead atoms. The number of rotatable bonds is 6. The molecule has 2 aliphatic heterocycles. The Morgan fingerprint density at radius 1 is 1.18 bits per heavy atom. The summed E-state index contributed by atoms with van der Waals surface area (Å²) in [7, 11) is 0. The van der Waals surface area contributed by atoms with E-state index in [1.807, 2.05) is 6.07 Å². The zero-order valence-corrected chi connectivity index (χ0v) is 21.0. The number of ether oxygens (including phenoxy) is 1. The summed E-state index contributed by atoms with van der Waals surface area (Å²) in [5, 5.41) is 37.2. The number of benzene rings is 2. The lowest BCUT2D eigenvalue weighted by Gasteiger charge is -2.64. The zero-order valence-electron chi connectivity index (χ0n) is 21.0. The van der Waals surface area contributed by atoms with E-state index in [0.717, 1.165) is 36.6 Å². The summed E-state index contributed by atoms with van der Waals surface area (Å²) in [6.45, 7) is 1.88. The predicted molar refractivity (Wildman–Crippen MR) is 139 cm³/mol. The van der Waals surface area contributed by atoms with Gasteiger partial charge in [-0.25, -0.2) is 0 Å². The monoisotopic (exact) mass is 517 g/mol. The number of aromatic hydroxyl groups is 1. The van der Waals surface area contributed by atoms with Crippen LogP contribution in [0.1, 0.15) is 48.8 Å². The Hall–Kier alpha value is -3.43. The van der Waals surface area contributed by atoms with Crippen LogP contribution >= 0.6 is 0 Å². The number of nitrogens with one attached hydrogen (secondary N) is 1. The second-order valence-corrected chi connectivity index (χ2v) is 11.6. The van der Waals surface area contributed by atoms with E-state index in [1.54, 1.807) is 24.3 Å². The highest BCUT2D eigenvalue weighted by molar-refractivity contribution is 5.92. The van der Waals surface area contributed by atoms with Crippen LogP contribution in [0.4, 0.5) is 5.69 Å². The second-order valence-electron chi connectivity index (χ2n) is 11.6. The predicted octanol–water partition coefficient (Wildman–Crippen LogP) is 3.06. The van der Waals surface area contributed by atoms with Crippen molar-refractivity contribution >= 4 is 17.7 Å². The SMILES string of the molecule is O=C(/C=C/c1ccc([N+](=O)[O-])cc1)N[C@@H]1CC[C@@]2(O)[C@H]3Cc4ccc(O)c5c4C2(CCN3CC2CC2)[C@H]1O5. The van der Waals surface area contributed by atoms with Crippen LogP contribution in [0, 0.1) is 16.0 Å². The minimum atomic E-state index is -0.993. The molecule has 3 N–H and O–H groups in total. The van der Waals surface area contributed by atoms with Crippen LogP contribution < -0.4 is 10.1 Å². The van der Waals surface area contributed by atoms with Gasteiger partial charge >= 0.3 is 0 Å². The standard InChI is InChI=1S/C29H31N3O6/c33-22-9-6-19-15-23-29(35)12-11-21(30-24(34)10-5-17-3-7-20(8-4-17)32(36)37)27-28(29,25(19)26(22)38-27)13-14-31(23)16-18-1-2-18/h3-10,18,21,23,27,33,35H,1-2,11-16H2,(H,30,34)/b10-5+/t21-,23-,27+,28?,29-/m1/s1. The quantitative estimate of drug-likeness (QED) is 0.306. The Balaban J connectivity index is 1.18. The van der Waals surface area contributed by atoms with Crippen LogP contribution in [0.25, 0.3) is 6.08 Å². The number of hydrogen-bond donors (Lipinski definition) is 3. The number of carbonyl (C=O) groups is 1. The molecule has 7 rings (SSSR count). The molecule has 1 saturated heterocycles. The highest BCUT2D eigenvalue weighted by Gasteiger charge is 2.73. The van der Waals surface area contributed by atoms with Gasteiger partial charge in [-0.2, -0.15) is 0 Å². The number of phenolic OH excluding ortho intramolecular Hbond substituents is 1. The lowest BCUT2D eigenvalue weighted by Crippen LogP contribution is -2.78. The highest BCUT2D eigenvalue weighted by atomic mass is 16.6. The maximum Gasteiger partial charge on any atom is 0.269 e. The maximum absolute atomic E-state index is 13.0. The first-order chi connectivity index (χ1) is 18.3. The highest BCUT2D eigenvalue weighted by Crippen LogP contribution is 2.65. The number of phenols is 1. The summed E-state index contributed by atoms with van der Waals surface area (Å²) in [6, 6.07) is 9.32. The van der Waals surface area contributed by atoms with Crippen molar-refractivity contribution in [1.82, 2.24) is 10.2 Å². The van der Waals surface area contributed by atoms with Gasteiger partial charge in [-0.3, -0.25) is 19.8 Å². The van der Waals surface area contributed by atoms with Crippen molar-refractivity contribution in [1.29, 1.82) is 0 Å². The van der Waals surface area contributed by atoms with Gasteiger partial charge in [0.25, 0.3) is 5.69 Å². The summed E-state index contributed by atoms with van der Waals surface area (Å²) >= 11 is 0.